The molecular weight excluding hydrogens is 421 g/mol. The maximum Gasteiger partial charge on any atom is 0.409 e. The summed E-state index contributed by atoms with van der Waals surface area (Å²) in [6, 6.07) is 6.07. The van der Waals surface area contributed by atoms with Crippen molar-refractivity contribution in [2.24, 2.45) is 10.7 Å². The first kappa shape index (κ1) is 20.5. The normalized spacial score (nSPS) is 15.6. The number of likely N-dealkylation sites (tertiary alicyclic amines) is 1. The van der Waals surface area contributed by atoms with E-state index < -0.39 is 0 Å². The molecule has 1 amide bonds. The van der Waals surface area contributed by atoms with Crippen LogP contribution in [0.5, 0.6) is 0 Å². The lowest BCUT2D eigenvalue weighted by atomic mass is 10.1. The second-order valence-corrected chi connectivity index (χ2v) is 5.58. The Labute approximate surface area is 160 Å². The second-order valence-electron chi connectivity index (χ2n) is 5.58. The lowest BCUT2D eigenvalue weighted by Gasteiger charge is -2.31. The fraction of sp³-hybridized carbons (Fsp3) is 0.562. The monoisotopic (exact) mass is 447 g/mol. The second kappa shape index (κ2) is 10.3. The van der Waals surface area contributed by atoms with Gasteiger partial charge in [0.05, 0.1) is 18.8 Å². The van der Waals surface area contributed by atoms with Crippen molar-refractivity contribution >= 4 is 36.0 Å². The summed E-state index contributed by atoms with van der Waals surface area (Å²) in [5.74, 6) is 0.419. The average molecular weight is 447 g/mol. The van der Waals surface area contributed by atoms with Crippen molar-refractivity contribution in [3.05, 3.63) is 29.6 Å². The van der Waals surface area contributed by atoms with Crippen LogP contribution in [0.25, 0.3) is 0 Å². The van der Waals surface area contributed by atoms with E-state index in [-0.39, 0.29) is 36.1 Å². The molecule has 8 heteroatoms. The molecule has 0 saturated carbocycles. The van der Waals surface area contributed by atoms with Gasteiger partial charge in [-0.05, 0) is 38.8 Å². The molecular formula is C16H26IN5O2. The average Bonchev–Trinajstić information content (AvgIpc) is 2.54. The third kappa shape index (κ3) is 6.50. The van der Waals surface area contributed by atoms with Gasteiger partial charge in [0.1, 0.15) is 0 Å². The Morgan fingerprint density at radius 3 is 2.79 bits per heavy atom. The number of guanidine groups is 1. The Morgan fingerprint density at radius 1 is 1.46 bits per heavy atom. The quantitative estimate of drug-likeness (QED) is 0.419. The molecule has 1 aliphatic rings. The molecule has 2 heterocycles. The summed E-state index contributed by atoms with van der Waals surface area (Å²) in [5, 5.41) is 3.22. The number of hydrogen-bond donors (Lipinski definition) is 2. The summed E-state index contributed by atoms with van der Waals surface area (Å²) in [5.41, 5.74) is 7.80. The van der Waals surface area contributed by atoms with E-state index in [1.165, 1.54) is 0 Å². The molecule has 0 bridgehead atoms. The molecule has 0 spiro atoms. The van der Waals surface area contributed by atoms with Gasteiger partial charge in [0.25, 0.3) is 0 Å². The molecule has 7 nitrogen and oxygen atoms in total. The molecule has 2 rings (SSSR count). The minimum atomic E-state index is -0.238. The van der Waals surface area contributed by atoms with Crippen molar-refractivity contribution in [1.82, 2.24) is 15.2 Å². The molecule has 1 aliphatic heterocycles. The predicted molar refractivity (Wildman–Crippen MR) is 104 cm³/mol. The van der Waals surface area contributed by atoms with Crippen molar-refractivity contribution < 1.29 is 9.53 Å². The van der Waals surface area contributed by atoms with E-state index in [9.17, 15) is 4.79 Å². The number of halogens is 1. The zero-order chi connectivity index (χ0) is 16.7. The van der Waals surface area contributed by atoms with Gasteiger partial charge in [-0.1, -0.05) is 6.07 Å². The zero-order valence-corrected chi connectivity index (χ0v) is 16.5. The van der Waals surface area contributed by atoms with Crippen LogP contribution in [0.2, 0.25) is 0 Å². The van der Waals surface area contributed by atoms with Crippen LogP contribution in [-0.4, -0.2) is 47.7 Å². The lowest BCUT2D eigenvalue weighted by molar-refractivity contribution is 0.0963. The standard InChI is InChI=1S/C16H25N5O2.HI/c1-3-23-16(22)21-9-7-13(8-10-21)20-15(17)18-11-14-6-4-5-12(2)19-14;/h4-6,13H,3,7-11H2,1-2H3,(H3,17,18,20);1H. The first-order valence-corrected chi connectivity index (χ1v) is 7.99. The van der Waals surface area contributed by atoms with Crippen molar-refractivity contribution in [3.8, 4) is 0 Å². The van der Waals surface area contributed by atoms with E-state index in [4.69, 9.17) is 10.5 Å². The van der Waals surface area contributed by atoms with Crippen LogP contribution in [0, 0.1) is 6.92 Å². The number of pyridine rings is 1. The number of hydrogen-bond acceptors (Lipinski definition) is 4. The van der Waals surface area contributed by atoms with Gasteiger partial charge >= 0.3 is 6.09 Å². The maximum atomic E-state index is 11.6. The van der Waals surface area contributed by atoms with Crippen LogP contribution < -0.4 is 11.1 Å². The van der Waals surface area contributed by atoms with Crippen molar-refractivity contribution in [1.29, 1.82) is 0 Å². The summed E-state index contributed by atoms with van der Waals surface area (Å²) in [6.45, 7) is 5.97. The first-order chi connectivity index (χ1) is 11.1. The number of nitrogens with two attached hydrogens (primary N) is 1. The highest BCUT2D eigenvalue weighted by molar-refractivity contribution is 14.0. The van der Waals surface area contributed by atoms with E-state index in [1.807, 2.05) is 32.0 Å². The summed E-state index contributed by atoms with van der Waals surface area (Å²) >= 11 is 0. The maximum absolute atomic E-state index is 11.6. The van der Waals surface area contributed by atoms with Gasteiger partial charge in [-0.25, -0.2) is 9.79 Å². The number of amides is 1. The zero-order valence-electron chi connectivity index (χ0n) is 14.2. The van der Waals surface area contributed by atoms with E-state index in [0.29, 0.717) is 32.2 Å². The molecule has 3 N–H and O–H groups in total. The molecule has 0 atom stereocenters. The van der Waals surface area contributed by atoms with Gasteiger partial charge in [-0.15, -0.1) is 24.0 Å². The Balaban J connectivity index is 0.00000288. The number of ether oxygens (including phenoxy) is 1. The molecule has 0 unspecified atom stereocenters. The smallest absolute Gasteiger partial charge is 0.409 e. The lowest BCUT2D eigenvalue weighted by Crippen LogP contribution is -2.48. The van der Waals surface area contributed by atoms with Crippen molar-refractivity contribution in [2.75, 3.05) is 19.7 Å². The Morgan fingerprint density at radius 2 is 2.17 bits per heavy atom. The van der Waals surface area contributed by atoms with Crippen LogP contribution >= 0.6 is 24.0 Å². The van der Waals surface area contributed by atoms with Crippen LogP contribution in [-0.2, 0) is 11.3 Å². The van der Waals surface area contributed by atoms with E-state index in [1.54, 1.807) is 4.90 Å². The molecule has 134 valence electrons. The highest BCUT2D eigenvalue weighted by atomic mass is 127. The van der Waals surface area contributed by atoms with Crippen molar-refractivity contribution in [3.63, 3.8) is 0 Å². The van der Waals surface area contributed by atoms with Crippen molar-refractivity contribution in [2.45, 2.75) is 39.3 Å². The topological polar surface area (TPSA) is 92.8 Å². The van der Waals surface area contributed by atoms with Gasteiger partial charge in [0.2, 0.25) is 0 Å². The molecule has 0 radical (unpaired) electrons. The summed E-state index contributed by atoms with van der Waals surface area (Å²) in [6.07, 6.45) is 1.42. The van der Waals surface area contributed by atoms with Crippen LogP contribution in [0.4, 0.5) is 4.79 Å². The number of aliphatic imine (C=N–C) groups is 1. The summed E-state index contributed by atoms with van der Waals surface area (Å²) in [7, 11) is 0. The Hall–Kier alpha value is -1.58. The number of aromatic nitrogens is 1. The minimum absolute atomic E-state index is 0. The molecule has 0 aromatic carbocycles. The highest BCUT2D eigenvalue weighted by Crippen LogP contribution is 2.11. The number of piperidine rings is 1. The van der Waals surface area contributed by atoms with Gasteiger partial charge in [0.15, 0.2) is 5.96 Å². The first-order valence-electron chi connectivity index (χ1n) is 7.99. The third-order valence-corrected chi connectivity index (χ3v) is 3.73. The number of nitrogens with zero attached hydrogens (tertiary/aromatic N) is 3. The molecule has 24 heavy (non-hydrogen) atoms. The molecule has 1 fully saturated rings. The summed E-state index contributed by atoms with van der Waals surface area (Å²) < 4.78 is 5.01. The number of nitrogens with one attached hydrogen (secondary N) is 1. The molecule has 1 aromatic rings. The fourth-order valence-electron chi connectivity index (χ4n) is 2.53. The SMILES string of the molecule is CCOC(=O)N1CCC(NC(N)=NCc2cccc(C)n2)CC1.I. The number of aryl methyl sites for hydroxylation is 1. The van der Waals surface area contributed by atoms with Gasteiger partial charge in [0, 0.05) is 24.8 Å². The molecule has 0 aliphatic carbocycles. The van der Waals surface area contributed by atoms with E-state index in [0.717, 1.165) is 24.2 Å². The Kier molecular flexibility index (Phi) is 8.80. The third-order valence-electron chi connectivity index (χ3n) is 3.73. The fourth-order valence-corrected chi connectivity index (χ4v) is 2.53. The predicted octanol–water partition coefficient (Wildman–Crippen LogP) is 2.03. The van der Waals surface area contributed by atoms with Gasteiger partial charge in [-0.2, -0.15) is 0 Å². The Bertz CT molecular complexity index is 559. The largest absolute Gasteiger partial charge is 0.450 e. The minimum Gasteiger partial charge on any atom is -0.450 e. The van der Waals surface area contributed by atoms with Gasteiger partial charge < -0.3 is 20.7 Å². The van der Waals surface area contributed by atoms with Gasteiger partial charge in [-0.3, -0.25) is 4.98 Å². The summed E-state index contributed by atoms with van der Waals surface area (Å²) in [4.78, 5) is 22.1. The van der Waals surface area contributed by atoms with Crippen LogP contribution in [0.15, 0.2) is 23.2 Å². The number of carbonyl (C=O) groups is 1. The number of rotatable bonds is 4. The molecule has 1 saturated heterocycles. The van der Waals surface area contributed by atoms with E-state index >= 15 is 0 Å². The number of carbonyl (C=O) groups excluding carboxylic acids is 1. The van der Waals surface area contributed by atoms with Crippen LogP contribution in [0.1, 0.15) is 31.2 Å². The van der Waals surface area contributed by atoms with Crippen LogP contribution in [0.3, 0.4) is 0 Å². The van der Waals surface area contributed by atoms with E-state index in [2.05, 4.69) is 15.3 Å². The molecule has 1 aromatic heterocycles. The highest BCUT2D eigenvalue weighted by Gasteiger charge is 2.23.